The van der Waals surface area contributed by atoms with Crippen LogP contribution in [0.5, 0.6) is 0 Å². The van der Waals surface area contributed by atoms with Gasteiger partial charge in [-0.25, -0.2) is 9.37 Å². The van der Waals surface area contributed by atoms with Gasteiger partial charge in [0.15, 0.2) is 5.82 Å². The minimum Gasteiger partial charge on any atom is -0.372 e. The topological polar surface area (TPSA) is 37.0 Å². The summed E-state index contributed by atoms with van der Waals surface area (Å²) in [7, 11) is 1.68. The van der Waals surface area contributed by atoms with Gasteiger partial charge in [-0.3, -0.25) is 0 Å². The van der Waals surface area contributed by atoms with Gasteiger partial charge in [0.1, 0.15) is 11.6 Å². The smallest absolute Gasteiger partial charge is 0.151 e. The van der Waals surface area contributed by atoms with E-state index in [-0.39, 0.29) is 5.69 Å². The average molecular weight is 321 g/mol. The van der Waals surface area contributed by atoms with Crippen LogP contribution in [0.2, 0.25) is 15.1 Å². The van der Waals surface area contributed by atoms with Crippen molar-refractivity contribution in [1.82, 2.24) is 4.98 Å². The predicted molar refractivity (Wildman–Crippen MR) is 78.5 cm³/mol. The molecule has 0 fully saturated rings. The summed E-state index contributed by atoms with van der Waals surface area (Å²) in [6.07, 6.45) is 0. The Morgan fingerprint density at radius 3 is 2.37 bits per heavy atom. The van der Waals surface area contributed by atoms with Gasteiger partial charge in [-0.15, -0.1) is 0 Å². The molecule has 0 bridgehead atoms. The third-order valence-electron chi connectivity index (χ3n) is 2.35. The van der Waals surface area contributed by atoms with Gasteiger partial charge in [0, 0.05) is 12.1 Å². The van der Waals surface area contributed by atoms with Crippen molar-refractivity contribution in [2.24, 2.45) is 0 Å². The van der Waals surface area contributed by atoms with E-state index in [1.54, 1.807) is 13.1 Å². The highest BCUT2D eigenvalue weighted by Crippen LogP contribution is 2.31. The molecule has 0 radical (unpaired) electrons. The van der Waals surface area contributed by atoms with E-state index in [9.17, 15) is 4.39 Å². The first-order chi connectivity index (χ1) is 9.01. The molecule has 0 saturated carbocycles. The molecular weight excluding hydrogens is 312 g/mol. The van der Waals surface area contributed by atoms with Crippen LogP contribution in [0.3, 0.4) is 0 Å². The number of anilines is 3. The molecule has 3 nitrogen and oxygen atoms in total. The van der Waals surface area contributed by atoms with Crippen LogP contribution < -0.4 is 10.6 Å². The van der Waals surface area contributed by atoms with Crippen LogP contribution in [-0.4, -0.2) is 12.0 Å². The number of nitrogens with zero attached hydrogens (tertiary/aromatic N) is 1. The van der Waals surface area contributed by atoms with E-state index in [4.69, 9.17) is 34.8 Å². The van der Waals surface area contributed by atoms with Crippen molar-refractivity contribution in [2.75, 3.05) is 17.7 Å². The lowest BCUT2D eigenvalue weighted by atomic mass is 10.3. The molecule has 1 heterocycles. The van der Waals surface area contributed by atoms with Gasteiger partial charge in [0.05, 0.1) is 15.7 Å². The first-order valence-corrected chi connectivity index (χ1v) is 6.40. The number of hydrogen-bond donors (Lipinski definition) is 2. The molecule has 0 aliphatic rings. The lowest BCUT2D eigenvalue weighted by Crippen LogP contribution is -2.01. The van der Waals surface area contributed by atoms with E-state index >= 15 is 0 Å². The van der Waals surface area contributed by atoms with Crippen LogP contribution in [0.4, 0.5) is 21.7 Å². The monoisotopic (exact) mass is 319 g/mol. The lowest BCUT2D eigenvalue weighted by Gasteiger charge is -2.11. The van der Waals surface area contributed by atoms with Crippen molar-refractivity contribution >= 4 is 52.1 Å². The predicted octanol–water partition coefficient (Wildman–Crippen LogP) is 4.97. The van der Waals surface area contributed by atoms with E-state index in [2.05, 4.69) is 15.6 Å². The molecule has 1 aromatic carbocycles. The quantitative estimate of drug-likeness (QED) is 0.838. The maximum absolute atomic E-state index is 13.7. The number of hydrogen-bond acceptors (Lipinski definition) is 3. The number of pyridine rings is 1. The molecule has 0 spiro atoms. The average Bonchev–Trinajstić information content (AvgIpc) is 2.35. The molecule has 0 amide bonds. The first kappa shape index (κ1) is 14.2. The maximum atomic E-state index is 13.7. The molecule has 0 saturated heterocycles. The highest BCUT2D eigenvalue weighted by molar-refractivity contribution is 6.37. The second kappa shape index (κ2) is 5.82. The third kappa shape index (κ3) is 3.21. The second-order valence-corrected chi connectivity index (χ2v) is 4.90. The van der Waals surface area contributed by atoms with Crippen LogP contribution >= 0.6 is 34.8 Å². The minimum atomic E-state index is -0.494. The summed E-state index contributed by atoms with van der Waals surface area (Å²) in [5, 5.41) is 6.60. The molecule has 0 atom stereocenters. The van der Waals surface area contributed by atoms with Crippen molar-refractivity contribution < 1.29 is 4.39 Å². The Bertz CT molecular complexity index is 619. The lowest BCUT2D eigenvalue weighted by molar-refractivity contribution is 0.632. The summed E-state index contributed by atoms with van der Waals surface area (Å²) >= 11 is 17.6. The summed E-state index contributed by atoms with van der Waals surface area (Å²) in [5.74, 6) is 0.255. The van der Waals surface area contributed by atoms with Gasteiger partial charge in [0.25, 0.3) is 0 Å². The Labute approximate surface area is 124 Å². The number of rotatable bonds is 3. The van der Waals surface area contributed by atoms with Crippen LogP contribution in [0, 0.1) is 5.82 Å². The molecule has 2 rings (SSSR count). The summed E-state index contributed by atoms with van der Waals surface area (Å²) < 4.78 is 13.7. The Kier molecular flexibility index (Phi) is 4.34. The highest BCUT2D eigenvalue weighted by atomic mass is 35.5. The fraction of sp³-hybridized carbons (Fsp3) is 0.0833. The van der Waals surface area contributed by atoms with Crippen molar-refractivity contribution in [3.63, 3.8) is 0 Å². The minimum absolute atomic E-state index is 0.225. The molecule has 2 aromatic rings. The maximum Gasteiger partial charge on any atom is 0.151 e. The van der Waals surface area contributed by atoms with E-state index in [0.29, 0.717) is 26.7 Å². The normalized spacial score (nSPS) is 10.4. The van der Waals surface area contributed by atoms with Crippen molar-refractivity contribution in [3.8, 4) is 0 Å². The number of nitrogens with one attached hydrogen (secondary N) is 2. The molecule has 0 aliphatic heterocycles. The van der Waals surface area contributed by atoms with Crippen LogP contribution in [-0.2, 0) is 0 Å². The fourth-order valence-corrected chi connectivity index (χ4v) is 2.11. The zero-order chi connectivity index (χ0) is 14.0. The molecule has 0 aliphatic carbocycles. The van der Waals surface area contributed by atoms with Gasteiger partial charge in [-0.05, 0) is 24.3 Å². The highest BCUT2D eigenvalue weighted by Gasteiger charge is 2.10. The fourth-order valence-electron chi connectivity index (χ4n) is 1.45. The van der Waals surface area contributed by atoms with Gasteiger partial charge in [-0.1, -0.05) is 34.8 Å². The number of benzene rings is 1. The zero-order valence-electron chi connectivity index (χ0n) is 9.77. The van der Waals surface area contributed by atoms with E-state index in [0.717, 1.165) is 0 Å². The molecule has 100 valence electrons. The third-order valence-corrected chi connectivity index (χ3v) is 3.16. The second-order valence-electron chi connectivity index (χ2n) is 3.65. The summed E-state index contributed by atoms with van der Waals surface area (Å²) in [5.41, 5.74) is 0.225. The van der Waals surface area contributed by atoms with Crippen LogP contribution in [0.1, 0.15) is 0 Å². The Hall–Kier alpha value is -1.23. The van der Waals surface area contributed by atoms with Gasteiger partial charge < -0.3 is 10.6 Å². The summed E-state index contributed by atoms with van der Waals surface area (Å²) in [6.45, 7) is 0. The van der Waals surface area contributed by atoms with Gasteiger partial charge >= 0.3 is 0 Å². The SMILES string of the molecule is CNc1nc(Nc2ccc(Cl)cc2F)c(Cl)cc1Cl. The van der Waals surface area contributed by atoms with Gasteiger partial charge in [-0.2, -0.15) is 0 Å². The molecule has 2 N–H and O–H groups in total. The number of halogens is 4. The van der Waals surface area contributed by atoms with E-state index < -0.39 is 5.82 Å². The Balaban J connectivity index is 2.37. The van der Waals surface area contributed by atoms with Crippen molar-refractivity contribution in [3.05, 3.63) is 45.2 Å². The molecule has 7 heteroatoms. The summed E-state index contributed by atoms with van der Waals surface area (Å²) in [6, 6.07) is 5.80. The largest absolute Gasteiger partial charge is 0.372 e. The van der Waals surface area contributed by atoms with Crippen molar-refractivity contribution in [2.45, 2.75) is 0 Å². The molecule has 1 aromatic heterocycles. The Morgan fingerprint density at radius 1 is 1.05 bits per heavy atom. The van der Waals surface area contributed by atoms with Crippen LogP contribution in [0.25, 0.3) is 0 Å². The first-order valence-electron chi connectivity index (χ1n) is 5.27. The zero-order valence-corrected chi connectivity index (χ0v) is 12.0. The molecule has 19 heavy (non-hydrogen) atoms. The van der Waals surface area contributed by atoms with E-state index in [1.807, 2.05) is 0 Å². The molecular formula is C12H9Cl3FN3. The molecule has 0 unspecified atom stereocenters. The van der Waals surface area contributed by atoms with Gasteiger partial charge in [0.2, 0.25) is 0 Å². The van der Waals surface area contributed by atoms with Crippen molar-refractivity contribution in [1.29, 1.82) is 0 Å². The van der Waals surface area contributed by atoms with E-state index in [1.165, 1.54) is 18.2 Å². The number of aromatic nitrogens is 1. The standard InChI is InChI=1S/C12H9Cl3FN3/c1-17-11-7(14)5-8(15)12(19-11)18-10-3-2-6(13)4-9(10)16/h2-5H,1H3,(H2,17,18,19). The Morgan fingerprint density at radius 2 is 1.74 bits per heavy atom. The summed E-state index contributed by atoms with van der Waals surface area (Å²) in [4.78, 5) is 4.16. The van der Waals surface area contributed by atoms with Crippen LogP contribution in [0.15, 0.2) is 24.3 Å².